The maximum Gasteiger partial charge on any atom is 0.345 e. The summed E-state index contributed by atoms with van der Waals surface area (Å²) >= 11 is 0. The van der Waals surface area contributed by atoms with E-state index in [2.05, 4.69) is 10.3 Å². The molecule has 0 saturated carbocycles. The molecule has 0 aliphatic carbocycles. The first-order valence-electron chi connectivity index (χ1n) is 7.07. The van der Waals surface area contributed by atoms with E-state index in [4.69, 9.17) is 0 Å². The Kier molecular flexibility index (Phi) is 3.57. The molecule has 0 amide bonds. The van der Waals surface area contributed by atoms with Crippen LogP contribution in [-0.4, -0.2) is 20.5 Å². The number of carbonyl (C=O) groups is 1. The fraction of sp³-hybridized carbons (Fsp3) is 0.118. The highest BCUT2D eigenvalue weighted by Crippen LogP contribution is 2.19. The highest BCUT2D eigenvalue weighted by Gasteiger charge is 2.20. The molecule has 0 aliphatic rings. The van der Waals surface area contributed by atoms with Gasteiger partial charge in [0.2, 0.25) is 0 Å². The summed E-state index contributed by atoms with van der Waals surface area (Å²) in [4.78, 5) is 28.4. The summed E-state index contributed by atoms with van der Waals surface area (Å²) in [5.74, 6) is -1.27. The number of nitrogens with zero attached hydrogens (tertiary/aromatic N) is 2. The predicted molar refractivity (Wildman–Crippen MR) is 87.6 cm³/mol. The SMILES string of the molecule is Cc1cccc(Nc2nc3cccc(C)n3c(=O)c2C(=O)O)c1. The molecule has 1 aromatic carbocycles. The second-order valence-corrected chi connectivity index (χ2v) is 5.30. The first-order valence-corrected chi connectivity index (χ1v) is 7.07. The number of pyridine rings is 1. The van der Waals surface area contributed by atoms with Crippen LogP contribution >= 0.6 is 0 Å². The number of fused-ring (bicyclic) bond motifs is 1. The number of hydrogen-bond donors (Lipinski definition) is 2. The van der Waals surface area contributed by atoms with Crippen LogP contribution in [0, 0.1) is 13.8 Å². The molecule has 2 heterocycles. The lowest BCUT2D eigenvalue weighted by molar-refractivity contribution is 0.0695. The first-order chi connectivity index (χ1) is 11.0. The highest BCUT2D eigenvalue weighted by atomic mass is 16.4. The summed E-state index contributed by atoms with van der Waals surface area (Å²) in [5, 5.41) is 12.4. The molecular formula is C17H15N3O3. The molecule has 0 unspecified atom stereocenters. The summed E-state index contributed by atoms with van der Waals surface area (Å²) in [6, 6.07) is 12.6. The van der Waals surface area contributed by atoms with Crippen LogP contribution in [0.15, 0.2) is 47.3 Å². The van der Waals surface area contributed by atoms with Gasteiger partial charge in [0.05, 0.1) is 0 Å². The number of hydrogen-bond acceptors (Lipinski definition) is 4. The largest absolute Gasteiger partial charge is 0.477 e. The highest BCUT2D eigenvalue weighted by molar-refractivity contribution is 5.94. The second-order valence-electron chi connectivity index (χ2n) is 5.30. The zero-order valence-corrected chi connectivity index (χ0v) is 12.7. The smallest absolute Gasteiger partial charge is 0.345 e. The molecule has 3 aromatic rings. The Morgan fingerprint density at radius 3 is 2.61 bits per heavy atom. The van der Waals surface area contributed by atoms with Crippen LogP contribution in [0.3, 0.4) is 0 Å². The Morgan fingerprint density at radius 2 is 1.91 bits per heavy atom. The molecule has 6 heteroatoms. The summed E-state index contributed by atoms with van der Waals surface area (Å²) < 4.78 is 1.30. The normalized spacial score (nSPS) is 10.7. The molecule has 116 valence electrons. The van der Waals surface area contributed by atoms with E-state index < -0.39 is 11.5 Å². The Hall–Kier alpha value is -3.15. The molecule has 2 N–H and O–H groups in total. The Morgan fingerprint density at radius 1 is 1.17 bits per heavy atom. The van der Waals surface area contributed by atoms with Crippen molar-refractivity contribution in [2.24, 2.45) is 0 Å². The van der Waals surface area contributed by atoms with Crippen LogP contribution in [0.4, 0.5) is 11.5 Å². The molecule has 0 radical (unpaired) electrons. The third-order valence-corrected chi connectivity index (χ3v) is 3.54. The minimum Gasteiger partial charge on any atom is -0.477 e. The predicted octanol–water partition coefficient (Wildman–Crippen LogP) is 2.75. The Labute approximate surface area is 132 Å². The lowest BCUT2D eigenvalue weighted by Crippen LogP contribution is -2.26. The number of benzene rings is 1. The van der Waals surface area contributed by atoms with Crippen LogP contribution in [0.5, 0.6) is 0 Å². The van der Waals surface area contributed by atoms with Crippen molar-refractivity contribution in [1.29, 1.82) is 0 Å². The minimum absolute atomic E-state index is 0.0405. The van der Waals surface area contributed by atoms with Crippen LogP contribution in [0.1, 0.15) is 21.6 Å². The van der Waals surface area contributed by atoms with Gasteiger partial charge < -0.3 is 10.4 Å². The van der Waals surface area contributed by atoms with E-state index in [1.54, 1.807) is 31.2 Å². The second kappa shape index (κ2) is 5.57. The number of aromatic nitrogens is 2. The number of nitrogens with one attached hydrogen (secondary N) is 1. The fourth-order valence-corrected chi connectivity index (χ4v) is 2.48. The molecule has 0 spiro atoms. The molecular weight excluding hydrogens is 294 g/mol. The molecule has 0 saturated heterocycles. The zero-order valence-electron chi connectivity index (χ0n) is 12.7. The van der Waals surface area contributed by atoms with Crippen LogP contribution < -0.4 is 10.9 Å². The first kappa shape index (κ1) is 14.8. The molecule has 2 aromatic heterocycles. The van der Waals surface area contributed by atoms with Crippen molar-refractivity contribution >= 4 is 23.1 Å². The molecule has 0 aliphatic heterocycles. The number of rotatable bonds is 3. The van der Waals surface area contributed by atoms with Crippen molar-refractivity contribution < 1.29 is 9.90 Å². The van der Waals surface area contributed by atoms with Gasteiger partial charge in [0.1, 0.15) is 5.65 Å². The van der Waals surface area contributed by atoms with E-state index >= 15 is 0 Å². The van der Waals surface area contributed by atoms with Crippen LogP contribution in [0.2, 0.25) is 0 Å². The monoisotopic (exact) mass is 309 g/mol. The zero-order chi connectivity index (χ0) is 16.6. The van der Waals surface area contributed by atoms with Gasteiger partial charge in [-0.15, -0.1) is 0 Å². The number of carboxylic acids is 1. The van der Waals surface area contributed by atoms with Gasteiger partial charge in [-0.1, -0.05) is 18.2 Å². The maximum absolute atomic E-state index is 12.6. The summed E-state index contributed by atoms with van der Waals surface area (Å²) in [6.07, 6.45) is 0. The van der Waals surface area contributed by atoms with E-state index in [1.807, 2.05) is 25.1 Å². The van der Waals surface area contributed by atoms with E-state index in [1.165, 1.54) is 4.40 Å². The lowest BCUT2D eigenvalue weighted by atomic mass is 10.2. The van der Waals surface area contributed by atoms with Crippen molar-refractivity contribution in [2.75, 3.05) is 5.32 Å². The minimum atomic E-state index is -1.31. The van der Waals surface area contributed by atoms with E-state index in [0.29, 0.717) is 17.0 Å². The Balaban J connectivity index is 2.25. The maximum atomic E-state index is 12.6. The van der Waals surface area contributed by atoms with E-state index in [-0.39, 0.29) is 11.4 Å². The van der Waals surface area contributed by atoms with Gasteiger partial charge in [0, 0.05) is 11.4 Å². The number of aromatic carboxylic acids is 1. The van der Waals surface area contributed by atoms with Gasteiger partial charge in [-0.05, 0) is 43.7 Å². The molecule has 3 rings (SSSR count). The van der Waals surface area contributed by atoms with Gasteiger partial charge in [0.15, 0.2) is 11.4 Å². The standard InChI is InChI=1S/C17H15N3O3/c1-10-5-3-7-12(9-10)18-15-14(17(22)23)16(21)20-11(2)6-4-8-13(20)19-15/h3-9,18H,1-2H3,(H,22,23). The average molecular weight is 309 g/mol. The summed E-state index contributed by atoms with van der Waals surface area (Å²) in [6.45, 7) is 3.66. The van der Waals surface area contributed by atoms with Crippen molar-refractivity contribution in [3.05, 3.63) is 69.6 Å². The molecule has 0 bridgehead atoms. The van der Waals surface area contributed by atoms with Gasteiger partial charge >= 0.3 is 5.97 Å². The van der Waals surface area contributed by atoms with Gasteiger partial charge in [-0.3, -0.25) is 9.20 Å². The molecule has 6 nitrogen and oxygen atoms in total. The van der Waals surface area contributed by atoms with E-state index in [9.17, 15) is 14.7 Å². The average Bonchev–Trinajstić information content (AvgIpc) is 2.46. The van der Waals surface area contributed by atoms with Gasteiger partial charge in [0.25, 0.3) is 5.56 Å². The van der Waals surface area contributed by atoms with Gasteiger partial charge in [-0.2, -0.15) is 0 Å². The van der Waals surface area contributed by atoms with Crippen LogP contribution in [0.25, 0.3) is 5.65 Å². The van der Waals surface area contributed by atoms with Crippen molar-refractivity contribution in [3.8, 4) is 0 Å². The number of carboxylic acid groups (broad SMARTS) is 1. The lowest BCUT2D eigenvalue weighted by Gasteiger charge is -2.12. The third kappa shape index (κ3) is 2.66. The number of anilines is 2. The molecule has 23 heavy (non-hydrogen) atoms. The van der Waals surface area contributed by atoms with Crippen molar-refractivity contribution in [2.45, 2.75) is 13.8 Å². The molecule has 0 atom stereocenters. The summed E-state index contributed by atoms with van der Waals surface area (Å²) in [5.41, 5.74) is 1.74. The fourth-order valence-electron chi connectivity index (χ4n) is 2.48. The van der Waals surface area contributed by atoms with Crippen molar-refractivity contribution in [1.82, 2.24) is 9.38 Å². The van der Waals surface area contributed by atoms with Crippen molar-refractivity contribution in [3.63, 3.8) is 0 Å². The topological polar surface area (TPSA) is 83.7 Å². The van der Waals surface area contributed by atoms with Crippen LogP contribution in [-0.2, 0) is 0 Å². The molecule has 0 fully saturated rings. The summed E-state index contributed by atoms with van der Waals surface area (Å²) in [7, 11) is 0. The Bertz CT molecular complexity index is 976. The third-order valence-electron chi connectivity index (χ3n) is 3.54. The number of aryl methyl sites for hydroxylation is 2. The van der Waals surface area contributed by atoms with E-state index in [0.717, 1.165) is 5.56 Å². The van der Waals surface area contributed by atoms with Gasteiger partial charge in [-0.25, -0.2) is 9.78 Å². The quantitative estimate of drug-likeness (QED) is 0.777.